The third kappa shape index (κ3) is 2.76. The number of hydrogen-bond acceptors (Lipinski definition) is 4. The molecule has 2 aromatic carbocycles. The summed E-state index contributed by atoms with van der Waals surface area (Å²) in [5.41, 5.74) is 2.38. The molecule has 0 unspecified atom stereocenters. The number of hydrogen-bond donors (Lipinski definition) is 2. The van der Waals surface area contributed by atoms with Crippen molar-refractivity contribution in [1.29, 1.82) is 0 Å². The first-order chi connectivity index (χ1) is 10.3. The number of anilines is 1. The van der Waals surface area contributed by atoms with Crippen molar-refractivity contribution in [1.82, 2.24) is 5.32 Å². The quantitative estimate of drug-likeness (QED) is 0.905. The Balaban J connectivity index is 1.86. The van der Waals surface area contributed by atoms with Crippen LogP contribution in [-0.2, 0) is 6.61 Å². The van der Waals surface area contributed by atoms with Gasteiger partial charge in [0.2, 0.25) is 0 Å². The molecule has 1 amide bonds. The molecular weight excluding hydrogens is 268 g/mol. The lowest BCUT2D eigenvalue weighted by Crippen LogP contribution is -2.34. The zero-order valence-corrected chi connectivity index (χ0v) is 11.7. The molecule has 108 valence electrons. The Bertz CT molecular complexity index is 656. The van der Waals surface area contributed by atoms with Crippen LogP contribution in [0.5, 0.6) is 11.5 Å². The number of rotatable bonds is 4. The summed E-state index contributed by atoms with van der Waals surface area (Å²) in [6.45, 7) is 0.860. The Morgan fingerprint density at radius 1 is 1.10 bits per heavy atom. The molecule has 21 heavy (non-hydrogen) atoms. The van der Waals surface area contributed by atoms with Crippen LogP contribution in [0.1, 0.15) is 15.9 Å². The molecule has 0 aliphatic carbocycles. The van der Waals surface area contributed by atoms with Crippen LogP contribution in [0, 0.1) is 0 Å². The second kappa shape index (κ2) is 5.75. The van der Waals surface area contributed by atoms with E-state index < -0.39 is 0 Å². The number of fused-ring (bicyclic) bond motifs is 1. The smallest absolute Gasteiger partial charge is 0.254 e. The van der Waals surface area contributed by atoms with E-state index in [-0.39, 0.29) is 5.91 Å². The highest BCUT2D eigenvalue weighted by Crippen LogP contribution is 2.34. The molecule has 5 heteroatoms. The molecule has 0 saturated heterocycles. The minimum absolute atomic E-state index is 0.114. The van der Waals surface area contributed by atoms with E-state index in [1.807, 2.05) is 30.3 Å². The highest BCUT2D eigenvalue weighted by atomic mass is 16.5. The zero-order chi connectivity index (χ0) is 14.7. The van der Waals surface area contributed by atoms with Gasteiger partial charge < -0.3 is 20.1 Å². The largest absolute Gasteiger partial charge is 0.493 e. The Morgan fingerprint density at radius 2 is 1.90 bits per heavy atom. The van der Waals surface area contributed by atoms with Gasteiger partial charge in [0.25, 0.3) is 5.91 Å². The molecule has 1 aliphatic heterocycles. The maximum atomic E-state index is 11.8. The Labute approximate surface area is 122 Å². The van der Waals surface area contributed by atoms with Gasteiger partial charge >= 0.3 is 0 Å². The summed E-state index contributed by atoms with van der Waals surface area (Å²) in [6, 6.07) is 13.4. The van der Waals surface area contributed by atoms with E-state index in [9.17, 15) is 4.79 Å². The zero-order valence-electron chi connectivity index (χ0n) is 11.7. The number of amides is 1. The van der Waals surface area contributed by atoms with E-state index in [2.05, 4.69) is 10.6 Å². The summed E-state index contributed by atoms with van der Waals surface area (Å²) in [6.07, 6.45) is 0. The van der Waals surface area contributed by atoms with E-state index in [1.54, 1.807) is 19.2 Å². The van der Waals surface area contributed by atoms with Crippen LogP contribution in [0.4, 0.5) is 5.69 Å². The first kappa shape index (κ1) is 13.3. The molecule has 0 saturated carbocycles. The molecule has 0 bridgehead atoms. The van der Waals surface area contributed by atoms with Gasteiger partial charge in [0, 0.05) is 6.07 Å². The molecule has 1 aliphatic rings. The fourth-order valence-electron chi connectivity index (χ4n) is 2.22. The molecule has 1 heterocycles. The van der Waals surface area contributed by atoms with Gasteiger partial charge in [-0.3, -0.25) is 4.79 Å². The lowest BCUT2D eigenvalue weighted by molar-refractivity contribution is 0.0952. The van der Waals surface area contributed by atoms with Crippen LogP contribution in [0.15, 0.2) is 42.5 Å². The topological polar surface area (TPSA) is 59.6 Å². The monoisotopic (exact) mass is 284 g/mol. The van der Waals surface area contributed by atoms with Gasteiger partial charge in [0.15, 0.2) is 11.5 Å². The van der Waals surface area contributed by atoms with Crippen molar-refractivity contribution in [2.24, 2.45) is 0 Å². The predicted molar refractivity (Wildman–Crippen MR) is 79.7 cm³/mol. The first-order valence-electron chi connectivity index (χ1n) is 6.69. The molecule has 5 nitrogen and oxygen atoms in total. The standard InChI is InChI=1S/C16H16N2O3/c1-20-14-7-12-13(17-10-18-16(12)19)8-15(14)21-9-11-5-3-2-4-6-11/h2-8,17H,9-10H2,1H3,(H,18,19). The minimum atomic E-state index is -0.114. The van der Waals surface area contributed by atoms with Gasteiger partial charge in [-0.05, 0) is 11.6 Å². The molecule has 0 atom stereocenters. The van der Waals surface area contributed by atoms with Gasteiger partial charge in [-0.15, -0.1) is 0 Å². The fraction of sp³-hybridized carbons (Fsp3) is 0.188. The van der Waals surface area contributed by atoms with E-state index in [1.165, 1.54) is 0 Å². The van der Waals surface area contributed by atoms with Crippen LogP contribution in [0.3, 0.4) is 0 Å². The van der Waals surface area contributed by atoms with Crippen molar-refractivity contribution in [3.8, 4) is 11.5 Å². The second-order valence-electron chi connectivity index (χ2n) is 4.68. The van der Waals surface area contributed by atoms with E-state index >= 15 is 0 Å². The van der Waals surface area contributed by atoms with Crippen LogP contribution in [0.25, 0.3) is 0 Å². The van der Waals surface area contributed by atoms with E-state index in [0.29, 0.717) is 30.3 Å². The average Bonchev–Trinajstić information content (AvgIpc) is 2.53. The van der Waals surface area contributed by atoms with Crippen LogP contribution in [0.2, 0.25) is 0 Å². The molecule has 0 fully saturated rings. The summed E-state index contributed by atoms with van der Waals surface area (Å²) in [4.78, 5) is 11.8. The van der Waals surface area contributed by atoms with E-state index in [4.69, 9.17) is 9.47 Å². The number of benzene rings is 2. The van der Waals surface area contributed by atoms with Crippen LogP contribution >= 0.6 is 0 Å². The van der Waals surface area contributed by atoms with Crippen LogP contribution < -0.4 is 20.1 Å². The van der Waals surface area contributed by atoms with Crippen molar-refractivity contribution in [3.63, 3.8) is 0 Å². The predicted octanol–water partition coefficient (Wildman–Crippen LogP) is 2.39. The fourth-order valence-corrected chi connectivity index (χ4v) is 2.22. The highest BCUT2D eigenvalue weighted by molar-refractivity contribution is 6.02. The summed E-state index contributed by atoms with van der Waals surface area (Å²) in [5.74, 6) is 1.04. The van der Waals surface area contributed by atoms with Gasteiger partial charge in [0.1, 0.15) is 6.61 Å². The Morgan fingerprint density at radius 3 is 2.67 bits per heavy atom. The van der Waals surface area contributed by atoms with Gasteiger partial charge in [0.05, 0.1) is 25.0 Å². The summed E-state index contributed by atoms with van der Waals surface area (Å²) < 4.78 is 11.1. The molecule has 2 N–H and O–H groups in total. The minimum Gasteiger partial charge on any atom is -0.493 e. The average molecular weight is 284 g/mol. The molecule has 0 spiro atoms. The number of nitrogens with one attached hydrogen (secondary N) is 2. The number of ether oxygens (including phenoxy) is 2. The number of carbonyl (C=O) groups excluding carboxylic acids is 1. The lowest BCUT2D eigenvalue weighted by Gasteiger charge is -2.21. The van der Waals surface area contributed by atoms with Crippen LogP contribution in [-0.4, -0.2) is 19.7 Å². The highest BCUT2D eigenvalue weighted by Gasteiger charge is 2.20. The summed E-state index contributed by atoms with van der Waals surface area (Å²) in [5, 5.41) is 5.84. The number of carbonyl (C=O) groups is 1. The third-order valence-electron chi connectivity index (χ3n) is 3.31. The normalized spacial score (nSPS) is 12.9. The molecule has 3 rings (SSSR count). The second-order valence-corrected chi connectivity index (χ2v) is 4.68. The SMILES string of the molecule is COc1cc2c(cc1OCc1ccccc1)NCNC2=O. The summed E-state index contributed by atoms with van der Waals surface area (Å²) in [7, 11) is 1.56. The van der Waals surface area contributed by atoms with Crippen molar-refractivity contribution in [2.45, 2.75) is 6.61 Å². The number of methoxy groups -OCH3 is 1. The molecule has 0 radical (unpaired) electrons. The maximum Gasteiger partial charge on any atom is 0.254 e. The first-order valence-corrected chi connectivity index (χ1v) is 6.69. The van der Waals surface area contributed by atoms with Crippen molar-refractivity contribution in [3.05, 3.63) is 53.6 Å². The van der Waals surface area contributed by atoms with Gasteiger partial charge in [-0.2, -0.15) is 0 Å². The van der Waals surface area contributed by atoms with Gasteiger partial charge in [-0.1, -0.05) is 30.3 Å². The Hall–Kier alpha value is -2.69. The van der Waals surface area contributed by atoms with Crippen molar-refractivity contribution in [2.75, 3.05) is 19.1 Å². The van der Waals surface area contributed by atoms with Crippen molar-refractivity contribution >= 4 is 11.6 Å². The molecule has 0 aromatic heterocycles. The maximum absolute atomic E-state index is 11.8. The third-order valence-corrected chi connectivity index (χ3v) is 3.31. The van der Waals surface area contributed by atoms with E-state index in [0.717, 1.165) is 11.3 Å². The molecular formula is C16H16N2O3. The summed E-state index contributed by atoms with van der Waals surface area (Å²) >= 11 is 0. The Kier molecular flexibility index (Phi) is 3.64. The van der Waals surface area contributed by atoms with Crippen molar-refractivity contribution < 1.29 is 14.3 Å². The lowest BCUT2D eigenvalue weighted by atomic mass is 10.1. The molecule has 2 aromatic rings. The van der Waals surface area contributed by atoms with Gasteiger partial charge in [-0.25, -0.2) is 0 Å².